The van der Waals surface area contributed by atoms with Crippen LogP contribution >= 0.6 is 0 Å². The molecule has 0 unspecified atom stereocenters. The minimum Gasteiger partial charge on any atom is -0.365 e. The maximum atomic E-state index is 3.30. The second-order valence-electron chi connectivity index (χ2n) is 4.09. The Labute approximate surface area is 75.2 Å². The molecule has 0 aliphatic carbocycles. The second kappa shape index (κ2) is 3.34. The largest absolute Gasteiger partial charge is 0.365 e. The maximum absolute atomic E-state index is 3.30. The highest BCUT2D eigenvalue weighted by atomic mass is 14.7. The molecule has 0 aromatic carbocycles. The molecule has 0 aliphatic rings. The van der Waals surface area contributed by atoms with Crippen LogP contribution in [0, 0.1) is 6.92 Å². The molecule has 0 saturated carbocycles. The lowest BCUT2D eigenvalue weighted by atomic mass is 9.93. The molecule has 1 nitrogen and oxygen atoms in total. The molecule has 1 aromatic rings. The third-order valence-corrected chi connectivity index (χ3v) is 2.36. The maximum Gasteiger partial charge on any atom is 0.0153 e. The van der Waals surface area contributed by atoms with E-state index in [0.29, 0.717) is 11.8 Å². The molecule has 0 spiro atoms. The standard InChI is InChI=1S/C11H19N/c1-7(2)10-6-12-9(5)11(10)8(3)4/h6-8,12H,1-5H3. The lowest BCUT2D eigenvalue weighted by Crippen LogP contribution is -1.95. The Kier molecular flexibility index (Phi) is 2.61. The third-order valence-electron chi connectivity index (χ3n) is 2.36. The van der Waals surface area contributed by atoms with Crippen molar-refractivity contribution in [3.63, 3.8) is 0 Å². The van der Waals surface area contributed by atoms with Crippen molar-refractivity contribution in [3.8, 4) is 0 Å². The van der Waals surface area contributed by atoms with Crippen LogP contribution in [0.25, 0.3) is 0 Å². The van der Waals surface area contributed by atoms with E-state index in [9.17, 15) is 0 Å². The number of hydrogen-bond donors (Lipinski definition) is 1. The highest BCUT2D eigenvalue weighted by Gasteiger charge is 2.13. The van der Waals surface area contributed by atoms with Crippen LogP contribution in [0.1, 0.15) is 56.4 Å². The van der Waals surface area contributed by atoms with Crippen LogP contribution in [0.3, 0.4) is 0 Å². The first-order valence-electron chi connectivity index (χ1n) is 4.71. The van der Waals surface area contributed by atoms with Gasteiger partial charge in [-0.15, -0.1) is 0 Å². The van der Waals surface area contributed by atoms with Crippen molar-refractivity contribution >= 4 is 0 Å². The lowest BCUT2D eigenvalue weighted by molar-refractivity contribution is 0.793. The van der Waals surface area contributed by atoms with E-state index in [2.05, 4.69) is 45.8 Å². The number of H-pyrrole nitrogens is 1. The van der Waals surface area contributed by atoms with Crippen LogP contribution in [0.5, 0.6) is 0 Å². The van der Waals surface area contributed by atoms with Gasteiger partial charge in [0.1, 0.15) is 0 Å². The fourth-order valence-electron chi connectivity index (χ4n) is 1.80. The number of hydrogen-bond acceptors (Lipinski definition) is 0. The predicted octanol–water partition coefficient (Wildman–Crippen LogP) is 3.57. The molecule has 12 heavy (non-hydrogen) atoms. The van der Waals surface area contributed by atoms with E-state index < -0.39 is 0 Å². The molecule has 68 valence electrons. The van der Waals surface area contributed by atoms with Gasteiger partial charge in [-0.05, 0) is 29.9 Å². The Balaban J connectivity index is 3.12. The minimum absolute atomic E-state index is 0.632. The molecule has 0 atom stereocenters. The van der Waals surface area contributed by atoms with Gasteiger partial charge in [0.05, 0.1) is 0 Å². The number of aromatic amines is 1. The van der Waals surface area contributed by atoms with Crippen molar-refractivity contribution in [3.05, 3.63) is 23.0 Å². The summed E-state index contributed by atoms with van der Waals surface area (Å²) < 4.78 is 0. The molecule has 0 saturated heterocycles. The van der Waals surface area contributed by atoms with Crippen molar-refractivity contribution < 1.29 is 0 Å². The van der Waals surface area contributed by atoms with Gasteiger partial charge >= 0.3 is 0 Å². The minimum atomic E-state index is 0.632. The molecule has 0 fully saturated rings. The van der Waals surface area contributed by atoms with E-state index in [1.54, 1.807) is 0 Å². The molecule has 0 amide bonds. The van der Waals surface area contributed by atoms with Crippen molar-refractivity contribution in [2.75, 3.05) is 0 Å². The Morgan fingerprint density at radius 3 is 2.00 bits per heavy atom. The Bertz CT molecular complexity index is 256. The molecule has 1 heteroatoms. The quantitative estimate of drug-likeness (QED) is 0.689. The van der Waals surface area contributed by atoms with Gasteiger partial charge in [-0.3, -0.25) is 0 Å². The van der Waals surface area contributed by atoms with E-state index in [1.807, 2.05) is 0 Å². The van der Waals surface area contributed by atoms with E-state index in [0.717, 1.165) is 0 Å². The summed E-state index contributed by atoms with van der Waals surface area (Å²) in [5, 5.41) is 0. The molecule has 0 radical (unpaired) electrons. The van der Waals surface area contributed by atoms with Crippen molar-refractivity contribution in [1.29, 1.82) is 0 Å². The van der Waals surface area contributed by atoms with Gasteiger partial charge in [-0.2, -0.15) is 0 Å². The third kappa shape index (κ3) is 1.55. The number of aromatic nitrogens is 1. The van der Waals surface area contributed by atoms with E-state index in [4.69, 9.17) is 0 Å². The molecular weight excluding hydrogens is 146 g/mol. The van der Waals surface area contributed by atoms with Gasteiger partial charge in [-0.25, -0.2) is 0 Å². The fraction of sp³-hybridized carbons (Fsp3) is 0.636. The van der Waals surface area contributed by atoms with E-state index >= 15 is 0 Å². The molecular formula is C11H19N. The summed E-state index contributed by atoms with van der Waals surface area (Å²) in [5.74, 6) is 1.26. The van der Waals surface area contributed by atoms with E-state index in [-0.39, 0.29) is 0 Å². The normalized spacial score (nSPS) is 11.6. The first-order valence-corrected chi connectivity index (χ1v) is 4.71. The molecule has 0 aliphatic heterocycles. The Morgan fingerprint density at radius 2 is 1.67 bits per heavy atom. The molecule has 1 aromatic heterocycles. The average Bonchev–Trinajstić information content (AvgIpc) is 2.30. The van der Waals surface area contributed by atoms with Gasteiger partial charge in [0, 0.05) is 11.9 Å². The highest BCUT2D eigenvalue weighted by Crippen LogP contribution is 2.28. The summed E-state index contributed by atoms with van der Waals surface area (Å²) in [4.78, 5) is 3.30. The van der Waals surface area contributed by atoms with Crippen LogP contribution in [0.4, 0.5) is 0 Å². The summed E-state index contributed by atoms with van der Waals surface area (Å²) in [5.41, 5.74) is 4.31. The van der Waals surface area contributed by atoms with Crippen molar-refractivity contribution in [1.82, 2.24) is 4.98 Å². The fourth-order valence-corrected chi connectivity index (χ4v) is 1.80. The van der Waals surface area contributed by atoms with E-state index in [1.165, 1.54) is 16.8 Å². The van der Waals surface area contributed by atoms with Crippen LogP contribution < -0.4 is 0 Å². The molecule has 0 bridgehead atoms. The van der Waals surface area contributed by atoms with Crippen LogP contribution in [0.2, 0.25) is 0 Å². The summed E-state index contributed by atoms with van der Waals surface area (Å²) in [6, 6.07) is 0. The molecule has 1 N–H and O–H groups in total. The molecule has 1 rings (SSSR count). The van der Waals surface area contributed by atoms with Crippen molar-refractivity contribution in [2.45, 2.75) is 46.5 Å². The summed E-state index contributed by atoms with van der Waals surface area (Å²) in [7, 11) is 0. The Morgan fingerprint density at radius 1 is 1.08 bits per heavy atom. The first kappa shape index (κ1) is 9.37. The van der Waals surface area contributed by atoms with Gasteiger partial charge < -0.3 is 4.98 Å². The SMILES string of the molecule is Cc1[nH]cc(C(C)C)c1C(C)C. The zero-order valence-corrected chi connectivity index (χ0v) is 8.73. The lowest BCUT2D eigenvalue weighted by Gasteiger charge is -2.11. The number of nitrogens with one attached hydrogen (secondary N) is 1. The first-order chi connectivity index (χ1) is 5.54. The molecule has 1 heterocycles. The predicted molar refractivity (Wildman–Crippen MR) is 53.7 cm³/mol. The highest BCUT2D eigenvalue weighted by molar-refractivity contribution is 5.34. The second-order valence-corrected chi connectivity index (χ2v) is 4.09. The zero-order valence-electron chi connectivity index (χ0n) is 8.73. The topological polar surface area (TPSA) is 15.8 Å². The van der Waals surface area contributed by atoms with Gasteiger partial charge in [0.15, 0.2) is 0 Å². The monoisotopic (exact) mass is 165 g/mol. The van der Waals surface area contributed by atoms with Crippen LogP contribution in [-0.4, -0.2) is 4.98 Å². The number of rotatable bonds is 2. The van der Waals surface area contributed by atoms with Gasteiger partial charge in [-0.1, -0.05) is 27.7 Å². The smallest absolute Gasteiger partial charge is 0.0153 e. The van der Waals surface area contributed by atoms with Gasteiger partial charge in [0.2, 0.25) is 0 Å². The van der Waals surface area contributed by atoms with Crippen LogP contribution in [-0.2, 0) is 0 Å². The van der Waals surface area contributed by atoms with Gasteiger partial charge in [0.25, 0.3) is 0 Å². The van der Waals surface area contributed by atoms with Crippen LogP contribution in [0.15, 0.2) is 6.20 Å². The average molecular weight is 165 g/mol. The summed E-state index contributed by atoms with van der Waals surface area (Å²) in [6.45, 7) is 11.1. The number of aryl methyl sites for hydroxylation is 1. The summed E-state index contributed by atoms with van der Waals surface area (Å²) in [6.07, 6.45) is 2.15. The zero-order chi connectivity index (χ0) is 9.30. The van der Waals surface area contributed by atoms with Crippen molar-refractivity contribution in [2.24, 2.45) is 0 Å². The summed E-state index contributed by atoms with van der Waals surface area (Å²) >= 11 is 0. The Hall–Kier alpha value is -0.720.